The Hall–Kier alpha value is -1.59. The van der Waals surface area contributed by atoms with Gasteiger partial charge in [-0.1, -0.05) is 12.1 Å². The van der Waals surface area contributed by atoms with Gasteiger partial charge in [0.05, 0.1) is 11.5 Å². The molecular weight excluding hydrogens is 252 g/mol. The average Bonchev–Trinajstić information content (AvgIpc) is 2.26. The Labute approximate surface area is 101 Å². The molecule has 2 unspecified atom stereocenters. The predicted molar refractivity (Wildman–Crippen MR) is 56.7 cm³/mol. The molecule has 2 atom stereocenters. The monoisotopic (exact) mass is 264 g/mol. The highest BCUT2D eigenvalue weighted by atomic mass is 19.4. The number of hydrogen-bond acceptors (Lipinski definition) is 1. The van der Waals surface area contributed by atoms with Crippen LogP contribution >= 0.6 is 0 Å². The molecule has 0 radical (unpaired) electrons. The number of hydrogen-bond donors (Lipinski definition) is 1. The standard InChI is InChI=1S/C12H12F4O2/c1-7(10(17)18)11(2,13)8-3-5-9(6-4-8)12(14,15)16/h3-7H,1-2H3,(H,17,18). The van der Waals surface area contributed by atoms with Crippen molar-refractivity contribution in [2.24, 2.45) is 5.92 Å². The fourth-order valence-electron chi connectivity index (χ4n) is 1.47. The lowest BCUT2D eigenvalue weighted by Crippen LogP contribution is -2.31. The van der Waals surface area contributed by atoms with Gasteiger partial charge in [0.1, 0.15) is 5.67 Å². The summed E-state index contributed by atoms with van der Waals surface area (Å²) in [7, 11) is 0. The second-order valence-electron chi connectivity index (χ2n) is 4.21. The number of halogens is 4. The first-order valence-electron chi connectivity index (χ1n) is 5.16. The van der Waals surface area contributed by atoms with E-state index in [1.165, 1.54) is 6.92 Å². The summed E-state index contributed by atoms with van der Waals surface area (Å²) < 4.78 is 51.2. The number of carboxylic acids is 1. The topological polar surface area (TPSA) is 37.3 Å². The fourth-order valence-corrected chi connectivity index (χ4v) is 1.47. The zero-order chi connectivity index (χ0) is 14.1. The first-order valence-corrected chi connectivity index (χ1v) is 5.16. The molecule has 0 aliphatic rings. The summed E-state index contributed by atoms with van der Waals surface area (Å²) in [5, 5.41) is 8.74. The molecule has 0 aromatic heterocycles. The molecule has 0 saturated heterocycles. The van der Waals surface area contributed by atoms with Gasteiger partial charge < -0.3 is 5.11 Å². The van der Waals surface area contributed by atoms with Crippen molar-refractivity contribution < 1.29 is 27.5 Å². The number of carbonyl (C=O) groups is 1. The van der Waals surface area contributed by atoms with Gasteiger partial charge >= 0.3 is 12.1 Å². The summed E-state index contributed by atoms with van der Waals surface area (Å²) in [6, 6.07) is 3.40. The molecule has 1 rings (SSSR count). The van der Waals surface area contributed by atoms with Crippen LogP contribution in [-0.2, 0) is 16.6 Å². The molecule has 1 N–H and O–H groups in total. The number of alkyl halides is 4. The zero-order valence-electron chi connectivity index (χ0n) is 9.75. The summed E-state index contributed by atoms with van der Waals surface area (Å²) in [5.74, 6) is -2.70. The molecule has 0 amide bonds. The van der Waals surface area contributed by atoms with Crippen LogP contribution in [0.2, 0.25) is 0 Å². The van der Waals surface area contributed by atoms with Gasteiger partial charge in [0.2, 0.25) is 0 Å². The Morgan fingerprint density at radius 1 is 1.11 bits per heavy atom. The first kappa shape index (κ1) is 14.5. The van der Waals surface area contributed by atoms with Crippen LogP contribution in [0.1, 0.15) is 25.0 Å². The summed E-state index contributed by atoms with van der Waals surface area (Å²) in [6.45, 7) is 2.20. The van der Waals surface area contributed by atoms with Crippen LogP contribution in [0.4, 0.5) is 17.6 Å². The Kier molecular flexibility index (Phi) is 3.69. The van der Waals surface area contributed by atoms with Crippen LogP contribution in [0, 0.1) is 5.92 Å². The van der Waals surface area contributed by atoms with Crippen LogP contribution in [0.5, 0.6) is 0 Å². The molecule has 0 aliphatic carbocycles. The van der Waals surface area contributed by atoms with Gasteiger partial charge in [0.25, 0.3) is 0 Å². The molecule has 2 nitrogen and oxygen atoms in total. The van der Waals surface area contributed by atoms with Crippen molar-refractivity contribution in [1.82, 2.24) is 0 Å². The number of rotatable bonds is 3. The van der Waals surface area contributed by atoms with Crippen molar-refractivity contribution in [3.8, 4) is 0 Å². The molecule has 1 aromatic rings. The van der Waals surface area contributed by atoms with E-state index in [2.05, 4.69) is 0 Å². The van der Waals surface area contributed by atoms with Crippen molar-refractivity contribution in [2.75, 3.05) is 0 Å². The molecular formula is C12H12F4O2. The highest BCUT2D eigenvalue weighted by molar-refractivity contribution is 5.71. The van der Waals surface area contributed by atoms with E-state index >= 15 is 0 Å². The molecule has 1 aromatic carbocycles. The summed E-state index contributed by atoms with van der Waals surface area (Å²) in [4.78, 5) is 10.7. The lowest BCUT2D eigenvalue weighted by Gasteiger charge is -2.25. The lowest BCUT2D eigenvalue weighted by molar-refractivity contribution is -0.146. The molecule has 0 bridgehead atoms. The van der Waals surface area contributed by atoms with Crippen molar-refractivity contribution in [1.29, 1.82) is 0 Å². The largest absolute Gasteiger partial charge is 0.481 e. The van der Waals surface area contributed by atoms with Crippen LogP contribution in [0.3, 0.4) is 0 Å². The molecule has 0 aliphatic heterocycles. The van der Waals surface area contributed by atoms with Gasteiger partial charge in [-0.15, -0.1) is 0 Å². The number of aliphatic carboxylic acids is 1. The quantitative estimate of drug-likeness (QED) is 0.847. The fraction of sp³-hybridized carbons (Fsp3) is 0.417. The van der Waals surface area contributed by atoms with Crippen molar-refractivity contribution in [2.45, 2.75) is 25.7 Å². The second kappa shape index (κ2) is 4.59. The van der Waals surface area contributed by atoms with Crippen molar-refractivity contribution in [3.63, 3.8) is 0 Å². The first-order chi connectivity index (χ1) is 8.06. The van der Waals surface area contributed by atoms with E-state index in [1.54, 1.807) is 0 Å². The van der Waals surface area contributed by atoms with E-state index in [1.807, 2.05) is 0 Å². The van der Waals surface area contributed by atoms with Gasteiger partial charge in [0, 0.05) is 0 Å². The third-order valence-corrected chi connectivity index (χ3v) is 2.96. The van der Waals surface area contributed by atoms with E-state index in [0.717, 1.165) is 31.2 Å². The molecule has 0 heterocycles. The molecule has 100 valence electrons. The smallest absolute Gasteiger partial charge is 0.416 e. The maximum atomic E-state index is 14.2. The minimum Gasteiger partial charge on any atom is -0.481 e. The van der Waals surface area contributed by atoms with Gasteiger partial charge in [-0.3, -0.25) is 4.79 Å². The van der Waals surface area contributed by atoms with E-state index in [-0.39, 0.29) is 5.56 Å². The van der Waals surface area contributed by atoms with Crippen molar-refractivity contribution in [3.05, 3.63) is 35.4 Å². The summed E-state index contributed by atoms with van der Waals surface area (Å²) in [5.41, 5.74) is -3.22. The molecule has 0 fully saturated rings. The molecule has 6 heteroatoms. The Morgan fingerprint density at radius 2 is 1.50 bits per heavy atom. The normalized spacial score (nSPS) is 17.0. The predicted octanol–water partition coefficient (Wildman–Crippen LogP) is 3.61. The third-order valence-electron chi connectivity index (χ3n) is 2.96. The van der Waals surface area contributed by atoms with Gasteiger partial charge in [-0.2, -0.15) is 13.2 Å². The second-order valence-corrected chi connectivity index (χ2v) is 4.21. The number of benzene rings is 1. The van der Waals surface area contributed by atoms with Crippen LogP contribution in [0.25, 0.3) is 0 Å². The molecule has 0 saturated carbocycles. The van der Waals surface area contributed by atoms with E-state index in [4.69, 9.17) is 5.11 Å². The lowest BCUT2D eigenvalue weighted by atomic mass is 9.85. The van der Waals surface area contributed by atoms with Crippen molar-refractivity contribution >= 4 is 5.97 Å². The zero-order valence-corrected chi connectivity index (χ0v) is 9.75. The Bertz CT molecular complexity index is 434. The highest BCUT2D eigenvalue weighted by Crippen LogP contribution is 2.36. The third kappa shape index (κ3) is 2.80. The minimum atomic E-state index is -4.50. The van der Waals surface area contributed by atoms with Gasteiger partial charge in [-0.05, 0) is 31.5 Å². The molecule has 18 heavy (non-hydrogen) atoms. The van der Waals surface area contributed by atoms with E-state index in [9.17, 15) is 22.4 Å². The average molecular weight is 264 g/mol. The van der Waals surface area contributed by atoms with Gasteiger partial charge in [0.15, 0.2) is 0 Å². The molecule has 0 spiro atoms. The Morgan fingerprint density at radius 3 is 1.83 bits per heavy atom. The van der Waals surface area contributed by atoms with Crippen LogP contribution in [-0.4, -0.2) is 11.1 Å². The van der Waals surface area contributed by atoms with E-state index in [0.29, 0.717) is 0 Å². The highest BCUT2D eigenvalue weighted by Gasteiger charge is 2.38. The number of carboxylic acid groups (broad SMARTS) is 1. The maximum absolute atomic E-state index is 14.2. The van der Waals surface area contributed by atoms with Crippen LogP contribution in [0.15, 0.2) is 24.3 Å². The van der Waals surface area contributed by atoms with Crippen LogP contribution < -0.4 is 0 Å². The van der Waals surface area contributed by atoms with Gasteiger partial charge in [-0.25, -0.2) is 4.39 Å². The Balaban J connectivity index is 3.08. The minimum absolute atomic E-state index is 0.0922. The van der Waals surface area contributed by atoms with E-state index < -0.39 is 29.3 Å². The maximum Gasteiger partial charge on any atom is 0.416 e. The summed E-state index contributed by atoms with van der Waals surface area (Å²) in [6.07, 6.45) is -4.50. The SMILES string of the molecule is CC(C(=O)O)C(C)(F)c1ccc(C(F)(F)F)cc1. The summed E-state index contributed by atoms with van der Waals surface area (Å²) >= 11 is 0.